The summed E-state index contributed by atoms with van der Waals surface area (Å²) in [5.74, 6) is -0.00946. The average molecular weight is 338 g/mol. The van der Waals surface area contributed by atoms with Gasteiger partial charge in [-0.25, -0.2) is 0 Å². The summed E-state index contributed by atoms with van der Waals surface area (Å²) in [4.78, 5) is 12.5. The van der Waals surface area contributed by atoms with Gasteiger partial charge >= 0.3 is 5.97 Å². The van der Waals surface area contributed by atoms with Crippen molar-refractivity contribution in [2.45, 2.75) is 83.7 Å². The molecule has 0 radical (unpaired) electrons. The van der Waals surface area contributed by atoms with Crippen LogP contribution < -0.4 is 0 Å². The molecule has 136 valence electrons. The summed E-state index contributed by atoms with van der Waals surface area (Å²) in [5, 5.41) is 32.1. The van der Waals surface area contributed by atoms with Gasteiger partial charge in [0.1, 0.15) is 11.7 Å². The van der Waals surface area contributed by atoms with E-state index in [1.807, 2.05) is 20.8 Å². The van der Waals surface area contributed by atoms with E-state index in [2.05, 4.69) is 6.92 Å². The number of aliphatic hydroxyl groups is 3. The summed E-state index contributed by atoms with van der Waals surface area (Å²) in [5.41, 5.74) is -2.26. The Morgan fingerprint density at radius 1 is 1.00 bits per heavy atom. The third-order valence-electron chi connectivity index (χ3n) is 8.45. The highest BCUT2D eigenvalue weighted by Crippen LogP contribution is 2.69. The van der Waals surface area contributed by atoms with Gasteiger partial charge < -0.3 is 20.1 Å². The lowest BCUT2D eigenvalue weighted by molar-refractivity contribution is -0.252. The Labute approximate surface area is 143 Å². The van der Waals surface area contributed by atoms with Crippen LogP contribution in [0.25, 0.3) is 0 Å². The van der Waals surface area contributed by atoms with Gasteiger partial charge in [0.2, 0.25) is 0 Å². The van der Waals surface area contributed by atoms with E-state index in [1.54, 1.807) is 0 Å². The summed E-state index contributed by atoms with van der Waals surface area (Å²) < 4.78 is 5.90. The van der Waals surface area contributed by atoms with Crippen molar-refractivity contribution in [3.63, 3.8) is 0 Å². The van der Waals surface area contributed by atoms with Crippen LogP contribution in [0.1, 0.15) is 59.8 Å². The van der Waals surface area contributed by atoms with Gasteiger partial charge in [0, 0.05) is 5.92 Å². The molecule has 4 rings (SSSR count). The molecule has 1 spiro atoms. The van der Waals surface area contributed by atoms with E-state index in [1.165, 1.54) is 0 Å². The maximum atomic E-state index is 12.5. The minimum atomic E-state index is -0.812. The lowest BCUT2D eigenvalue weighted by Crippen LogP contribution is -2.68. The number of hydrogen-bond donors (Lipinski definition) is 3. The first-order valence-electron chi connectivity index (χ1n) is 9.28. The largest absolute Gasteiger partial charge is 0.455 e. The Hall–Kier alpha value is -0.650. The predicted molar refractivity (Wildman–Crippen MR) is 86.9 cm³/mol. The quantitative estimate of drug-likeness (QED) is 0.584. The zero-order chi connectivity index (χ0) is 17.7. The van der Waals surface area contributed by atoms with Crippen molar-refractivity contribution < 1.29 is 24.9 Å². The smallest absolute Gasteiger partial charge is 0.315 e. The Balaban J connectivity index is 1.80. The second kappa shape index (κ2) is 4.54. The standard InChI is InChI=1S/C19H30O5/c1-16(2)11-6-8-19-12(18(11,4)9-10(20)13(16)21)5-7-17(3,14(19)22)15(23)24-19/h10-14,20-22H,5-9H2,1-4H3/t10-,11+,12-,13-,14?,17-,18+,19+/m0/s1. The van der Waals surface area contributed by atoms with Gasteiger partial charge in [-0.15, -0.1) is 0 Å². The highest BCUT2D eigenvalue weighted by Gasteiger charge is 2.74. The van der Waals surface area contributed by atoms with Gasteiger partial charge in [0.05, 0.1) is 17.6 Å². The van der Waals surface area contributed by atoms with E-state index in [-0.39, 0.29) is 23.2 Å². The number of esters is 1. The van der Waals surface area contributed by atoms with E-state index in [4.69, 9.17) is 4.74 Å². The molecule has 0 aromatic rings. The summed E-state index contributed by atoms with van der Waals surface area (Å²) in [7, 11) is 0. The van der Waals surface area contributed by atoms with Crippen LogP contribution in [0.4, 0.5) is 0 Å². The van der Waals surface area contributed by atoms with Gasteiger partial charge in [-0.05, 0) is 55.8 Å². The topological polar surface area (TPSA) is 87.0 Å². The van der Waals surface area contributed by atoms with Crippen molar-refractivity contribution in [2.75, 3.05) is 0 Å². The Kier molecular flexibility index (Phi) is 3.18. The molecule has 2 bridgehead atoms. The van der Waals surface area contributed by atoms with Crippen molar-refractivity contribution in [3.8, 4) is 0 Å². The molecule has 1 aliphatic heterocycles. The van der Waals surface area contributed by atoms with E-state index in [0.717, 1.165) is 12.8 Å². The van der Waals surface area contributed by atoms with E-state index in [9.17, 15) is 20.1 Å². The van der Waals surface area contributed by atoms with E-state index in [0.29, 0.717) is 19.3 Å². The first-order chi connectivity index (χ1) is 11.0. The number of carbonyl (C=O) groups excluding carboxylic acids is 1. The average Bonchev–Trinajstić information content (AvgIpc) is 2.60. The highest BCUT2D eigenvalue weighted by molar-refractivity contribution is 5.81. The fraction of sp³-hybridized carbons (Fsp3) is 0.947. The molecular formula is C19H30O5. The molecule has 5 nitrogen and oxygen atoms in total. The molecule has 8 atom stereocenters. The van der Waals surface area contributed by atoms with Crippen LogP contribution in [-0.2, 0) is 9.53 Å². The fourth-order valence-corrected chi connectivity index (χ4v) is 7.15. The van der Waals surface area contributed by atoms with Crippen LogP contribution in [0.3, 0.4) is 0 Å². The molecule has 3 saturated carbocycles. The minimum absolute atomic E-state index is 0.0275. The van der Waals surface area contributed by atoms with Crippen LogP contribution in [0.2, 0.25) is 0 Å². The first kappa shape index (κ1) is 16.8. The van der Waals surface area contributed by atoms with Gasteiger partial charge in [-0.1, -0.05) is 20.8 Å². The van der Waals surface area contributed by atoms with Crippen LogP contribution in [-0.4, -0.2) is 45.2 Å². The summed E-state index contributed by atoms with van der Waals surface area (Å²) in [6.45, 7) is 8.06. The van der Waals surface area contributed by atoms with Crippen LogP contribution in [0.15, 0.2) is 0 Å². The monoisotopic (exact) mass is 338 g/mol. The van der Waals surface area contributed by atoms with Gasteiger partial charge in [-0.2, -0.15) is 0 Å². The Morgan fingerprint density at radius 3 is 2.29 bits per heavy atom. The van der Waals surface area contributed by atoms with Crippen LogP contribution in [0.5, 0.6) is 0 Å². The third-order valence-corrected chi connectivity index (χ3v) is 8.45. The molecule has 0 aromatic carbocycles. The van der Waals surface area contributed by atoms with Gasteiger partial charge in [0.25, 0.3) is 0 Å². The molecule has 4 fully saturated rings. The maximum absolute atomic E-state index is 12.5. The van der Waals surface area contributed by atoms with Crippen molar-refractivity contribution in [1.29, 1.82) is 0 Å². The Morgan fingerprint density at radius 2 is 1.62 bits per heavy atom. The number of ether oxygens (including phenoxy) is 1. The Bertz CT molecular complexity index is 588. The van der Waals surface area contributed by atoms with Gasteiger partial charge in [0.15, 0.2) is 0 Å². The molecule has 3 N–H and O–H groups in total. The summed E-state index contributed by atoms with van der Waals surface area (Å²) in [6.07, 6.45) is 1.09. The third kappa shape index (κ3) is 1.64. The van der Waals surface area contributed by atoms with Crippen molar-refractivity contribution in [3.05, 3.63) is 0 Å². The number of fused-ring (bicyclic) bond motifs is 3. The lowest BCUT2D eigenvalue weighted by Gasteiger charge is -2.65. The van der Waals surface area contributed by atoms with Crippen LogP contribution >= 0.6 is 0 Å². The predicted octanol–water partition coefficient (Wildman–Crippen LogP) is 1.63. The summed E-state index contributed by atoms with van der Waals surface area (Å²) in [6, 6.07) is 0. The SMILES string of the molecule is CC1(C)[C@H]2CC[C@@]34OC(=O)[C@@](C)(CC[C@H]3[C@]2(C)C[C@H](O)[C@@H]1O)C4O. The molecule has 4 aliphatic rings. The molecule has 1 unspecified atom stereocenters. The van der Waals surface area contributed by atoms with E-state index >= 15 is 0 Å². The molecule has 24 heavy (non-hydrogen) atoms. The number of aliphatic hydroxyl groups excluding tert-OH is 3. The molecule has 0 aromatic heterocycles. The highest BCUT2D eigenvalue weighted by atomic mass is 16.6. The zero-order valence-corrected chi connectivity index (χ0v) is 15.1. The second-order valence-electron chi connectivity index (χ2n) is 9.89. The summed E-state index contributed by atoms with van der Waals surface area (Å²) >= 11 is 0. The van der Waals surface area contributed by atoms with Crippen molar-refractivity contribution >= 4 is 5.97 Å². The van der Waals surface area contributed by atoms with Gasteiger partial charge in [-0.3, -0.25) is 4.79 Å². The van der Waals surface area contributed by atoms with Crippen molar-refractivity contribution in [2.24, 2.45) is 28.1 Å². The number of carbonyl (C=O) groups is 1. The number of hydrogen-bond acceptors (Lipinski definition) is 5. The van der Waals surface area contributed by atoms with Crippen LogP contribution in [0, 0.1) is 28.1 Å². The molecule has 5 heteroatoms. The number of rotatable bonds is 0. The fourth-order valence-electron chi connectivity index (χ4n) is 7.15. The first-order valence-corrected chi connectivity index (χ1v) is 9.28. The lowest BCUT2D eigenvalue weighted by atomic mass is 9.41. The van der Waals surface area contributed by atoms with E-state index < -0.39 is 34.7 Å². The zero-order valence-electron chi connectivity index (χ0n) is 15.1. The molecule has 1 heterocycles. The molecule has 0 amide bonds. The van der Waals surface area contributed by atoms with Crippen molar-refractivity contribution in [1.82, 2.24) is 0 Å². The molecule has 1 saturated heterocycles. The normalized spacial score (nSPS) is 58.6. The molecular weight excluding hydrogens is 308 g/mol. The second-order valence-corrected chi connectivity index (χ2v) is 9.89. The maximum Gasteiger partial charge on any atom is 0.315 e. The minimum Gasteiger partial charge on any atom is -0.455 e. The molecule has 3 aliphatic carbocycles.